The van der Waals surface area contributed by atoms with Gasteiger partial charge in [-0.2, -0.15) is 0 Å². The number of hydrogen-bond donors (Lipinski definition) is 3. The maximum atomic E-state index is 11.9. The molecule has 166 valence electrons. The number of hydrogen-bond acceptors (Lipinski definition) is 5. The molecule has 0 aliphatic heterocycles. The van der Waals surface area contributed by atoms with Gasteiger partial charge in [-0.3, -0.25) is 4.79 Å². The fourth-order valence-electron chi connectivity index (χ4n) is 2.77. The molecule has 0 aliphatic rings. The number of nitrogens with zero attached hydrogens (tertiary/aromatic N) is 1. The maximum Gasteiger partial charge on any atom is 0.246 e. The van der Waals surface area contributed by atoms with E-state index in [0.29, 0.717) is 12.1 Å². The number of aliphatic hydroxyl groups excluding tert-OH is 2. The highest BCUT2D eigenvalue weighted by atomic mass is 28.3. The minimum absolute atomic E-state index is 0.0999. The van der Waals surface area contributed by atoms with E-state index in [0.717, 1.165) is 19.4 Å². The Hall–Kier alpha value is -0.516. The van der Waals surface area contributed by atoms with Crippen molar-refractivity contribution in [3.63, 3.8) is 0 Å². The van der Waals surface area contributed by atoms with Crippen molar-refractivity contribution in [1.29, 1.82) is 0 Å². The third-order valence-corrected chi connectivity index (χ3v) is 12.0. The van der Waals surface area contributed by atoms with Crippen LogP contribution in [0.25, 0.3) is 0 Å². The molecule has 8 heteroatoms. The molecule has 0 fully saturated rings. The van der Waals surface area contributed by atoms with Crippen LogP contribution < -0.4 is 4.98 Å². The molecule has 2 unspecified atom stereocenters. The lowest BCUT2D eigenvalue weighted by atomic mass is 10.2. The van der Waals surface area contributed by atoms with Crippen LogP contribution in [0.5, 0.6) is 0 Å². The second-order valence-electron chi connectivity index (χ2n) is 8.80. The summed E-state index contributed by atoms with van der Waals surface area (Å²) in [6.45, 7) is 18.5. The van der Waals surface area contributed by atoms with Crippen molar-refractivity contribution in [3.05, 3.63) is 12.7 Å². The Morgan fingerprint density at radius 1 is 1.39 bits per heavy atom. The first kappa shape index (κ1) is 27.5. The molecule has 0 spiro atoms. The summed E-state index contributed by atoms with van der Waals surface area (Å²) in [5.41, 5.74) is 0.517. The first-order valence-corrected chi connectivity index (χ1v) is 15.0. The Balaban J connectivity index is 4.43. The average Bonchev–Trinajstić information content (AvgIpc) is 2.64. The lowest BCUT2D eigenvalue weighted by molar-refractivity contribution is -0.127. The van der Waals surface area contributed by atoms with Crippen LogP contribution in [0.15, 0.2) is 12.7 Å². The number of nitrogens with one attached hydrogen (secondary N) is 1. The van der Waals surface area contributed by atoms with Gasteiger partial charge in [-0.05, 0) is 51.3 Å². The minimum atomic E-state index is -1.68. The topological polar surface area (TPSA) is 82.0 Å². The van der Waals surface area contributed by atoms with Crippen molar-refractivity contribution in [1.82, 2.24) is 9.88 Å². The zero-order valence-electron chi connectivity index (χ0n) is 19.0. The van der Waals surface area contributed by atoms with E-state index in [1.54, 1.807) is 4.90 Å². The number of rotatable bonds is 16. The molecular formula is C20H44N2O4Si2. The highest BCUT2D eigenvalue weighted by molar-refractivity contribution is 6.78. The molecule has 0 heterocycles. The Bertz CT molecular complexity index is 461. The Labute approximate surface area is 175 Å². The molecule has 0 saturated heterocycles. The highest BCUT2D eigenvalue weighted by Crippen LogP contribution is 2.24. The van der Waals surface area contributed by atoms with Crippen LogP contribution >= 0.6 is 0 Å². The summed E-state index contributed by atoms with van der Waals surface area (Å²) in [6.07, 6.45) is 4.59. The van der Waals surface area contributed by atoms with Gasteiger partial charge in [-0.25, -0.2) is 0 Å². The van der Waals surface area contributed by atoms with Crippen molar-refractivity contribution in [2.24, 2.45) is 0 Å². The van der Waals surface area contributed by atoms with Crippen LogP contribution in [0.3, 0.4) is 0 Å². The lowest BCUT2D eigenvalue weighted by Crippen LogP contribution is -2.63. The zero-order chi connectivity index (χ0) is 21.8. The average molecular weight is 433 g/mol. The standard InChI is InChI=1S/C20H44N2O4Si2/c1-8-10-13-21-28(6,7)20(4,5)26-27-17(3)12-11-14-22(19(25)9-2)15-18(24)16-23/h9,17-18,21,23-24H,2,8,10-16,27H2,1,3-7H3. The van der Waals surface area contributed by atoms with Crippen LogP contribution in [-0.2, 0) is 9.22 Å². The molecule has 0 aromatic carbocycles. The molecular weight excluding hydrogens is 388 g/mol. The van der Waals surface area contributed by atoms with Crippen molar-refractivity contribution < 1.29 is 19.4 Å². The van der Waals surface area contributed by atoms with Crippen molar-refractivity contribution in [2.75, 3.05) is 26.2 Å². The predicted octanol–water partition coefficient (Wildman–Crippen LogP) is 1.96. The van der Waals surface area contributed by atoms with Crippen LogP contribution in [0.1, 0.15) is 53.4 Å². The SMILES string of the molecule is C=CC(=O)N(CCCC(C)[SiH2]OC(C)(C)[Si](C)(C)NCCCC)CC(O)CO. The van der Waals surface area contributed by atoms with Gasteiger partial charge >= 0.3 is 0 Å². The molecule has 1 amide bonds. The van der Waals surface area contributed by atoms with E-state index in [-0.39, 0.29) is 24.3 Å². The van der Waals surface area contributed by atoms with Gasteiger partial charge in [0.1, 0.15) is 0 Å². The van der Waals surface area contributed by atoms with Gasteiger partial charge in [-0.1, -0.05) is 39.9 Å². The van der Waals surface area contributed by atoms with E-state index in [1.807, 2.05) is 0 Å². The summed E-state index contributed by atoms with van der Waals surface area (Å²) in [5, 5.41) is 18.5. The number of carbonyl (C=O) groups is 1. The number of carbonyl (C=O) groups excluding carboxylic acids is 1. The summed E-state index contributed by atoms with van der Waals surface area (Å²) in [6, 6.07) is 0. The van der Waals surface area contributed by atoms with Crippen molar-refractivity contribution in [2.45, 2.75) is 83.3 Å². The number of unbranched alkanes of at least 4 members (excludes halogenated alkanes) is 1. The molecule has 0 saturated carbocycles. The Morgan fingerprint density at radius 3 is 2.57 bits per heavy atom. The summed E-state index contributed by atoms with van der Waals surface area (Å²) >= 11 is 0. The highest BCUT2D eigenvalue weighted by Gasteiger charge is 2.39. The van der Waals surface area contributed by atoms with E-state index in [1.165, 1.54) is 18.9 Å². The van der Waals surface area contributed by atoms with E-state index in [4.69, 9.17) is 9.53 Å². The van der Waals surface area contributed by atoms with E-state index in [2.05, 4.69) is 52.4 Å². The summed E-state index contributed by atoms with van der Waals surface area (Å²) in [4.78, 5) is 17.2. The fourth-order valence-corrected chi connectivity index (χ4v) is 6.85. The van der Waals surface area contributed by atoms with Crippen LogP contribution in [-0.4, -0.2) is 76.6 Å². The third-order valence-electron chi connectivity index (χ3n) is 5.58. The quantitative estimate of drug-likeness (QED) is 0.197. The largest absolute Gasteiger partial charge is 0.420 e. The van der Waals surface area contributed by atoms with Gasteiger partial charge in [-0.15, -0.1) is 0 Å². The molecule has 0 aliphatic carbocycles. The lowest BCUT2D eigenvalue weighted by Gasteiger charge is -2.41. The molecule has 0 radical (unpaired) electrons. The summed E-state index contributed by atoms with van der Waals surface area (Å²) in [7, 11) is -2.37. The monoisotopic (exact) mass is 432 g/mol. The van der Waals surface area contributed by atoms with Crippen molar-refractivity contribution >= 4 is 23.9 Å². The third kappa shape index (κ3) is 10.3. The Morgan fingerprint density at radius 2 is 2.04 bits per heavy atom. The molecule has 6 nitrogen and oxygen atoms in total. The minimum Gasteiger partial charge on any atom is -0.420 e. The van der Waals surface area contributed by atoms with Crippen LogP contribution in [0.2, 0.25) is 18.6 Å². The predicted molar refractivity (Wildman–Crippen MR) is 123 cm³/mol. The smallest absolute Gasteiger partial charge is 0.246 e. The van der Waals surface area contributed by atoms with Gasteiger partial charge in [0, 0.05) is 13.1 Å². The van der Waals surface area contributed by atoms with Crippen LogP contribution in [0.4, 0.5) is 0 Å². The van der Waals surface area contributed by atoms with Crippen molar-refractivity contribution in [3.8, 4) is 0 Å². The first-order valence-electron chi connectivity index (χ1n) is 10.6. The van der Waals surface area contributed by atoms with Gasteiger partial charge in [0.15, 0.2) is 18.0 Å². The fraction of sp³-hybridized carbons (Fsp3) is 0.850. The second-order valence-corrected chi connectivity index (χ2v) is 15.6. The number of amides is 1. The van der Waals surface area contributed by atoms with Gasteiger partial charge in [0.2, 0.25) is 5.91 Å². The molecule has 3 N–H and O–H groups in total. The second kappa shape index (κ2) is 13.7. The molecule has 0 aromatic rings. The maximum absolute atomic E-state index is 11.9. The summed E-state index contributed by atoms with van der Waals surface area (Å²) in [5.74, 6) is -0.208. The first-order chi connectivity index (χ1) is 13.0. The molecule has 28 heavy (non-hydrogen) atoms. The molecule has 0 aromatic heterocycles. The Kier molecular flexibility index (Phi) is 13.4. The molecule has 2 atom stereocenters. The van der Waals surface area contributed by atoms with Gasteiger partial charge in [0.05, 0.1) is 17.9 Å². The zero-order valence-corrected chi connectivity index (χ0v) is 21.4. The molecule has 0 rings (SSSR count). The van der Waals surface area contributed by atoms with Gasteiger partial charge in [0.25, 0.3) is 0 Å². The van der Waals surface area contributed by atoms with Gasteiger partial charge < -0.3 is 24.5 Å². The van der Waals surface area contributed by atoms with E-state index < -0.39 is 24.1 Å². The van der Waals surface area contributed by atoms with Crippen LogP contribution in [0, 0.1) is 0 Å². The van der Waals surface area contributed by atoms with E-state index >= 15 is 0 Å². The number of aliphatic hydroxyl groups is 2. The molecule has 0 bridgehead atoms. The summed E-state index contributed by atoms with van der Waals surface area (Å²) < 4.78 is 6.46. The normalized spacial score (nSPS) is 15.0. The van der Waals surface area contributed by atoms with E-state index in [9.17, 15) is 9.90 Å².